The van der Waals surface area contributed by atoms with Gasteiger partial charge in [0.25, 0.3) is 5.91 Å². The Balaban J connectivity index is 0.00000180. The van der Waals surface area contributed by atoms with Crippen LogP contribution in [0.1, 0.15) is 24.2 Å². The van der Waals surface area contributed by atoms with Crippen LogP contribution in [0.3, 0.4) is 0 Å². The first kappa shape index (κ1) is 15.8. The zero-order valence-corrected chi connectivity index (χ0v) is 12.2. The molecule has 1 saturated heterocycles. The number of amides is 1. The van der Waals surface area contributed by atoms with Gasteiger partial charge in [-0.1, -0.05) is 12.1 Å². The van der Waals surface area contributed by atoms with Gasteiger partial charge in [-0.2, -0.15) is 0 Å². The Hall–Kier alpha value is -1.26. The quantitative estimate of drug-likeness (QED) is 0.922. The zero-order valence-electron chi connectivity index (χ0n) is 11.4. The second-order valence-corrected chi connectivity index (χ2v) is 4.54. The molecule has 1 amide bonds. The Bertz CT molecular complexity index is 426. The second kappa shape index (κ2) is 7.36. The summed E-state index contributed by atoms with van der Waals surface area (Å²) in [7, 11) is 0. The van der Waals surface area contributed by atoms with Gasteiger partial charge in [0, 0.05) is 25.7 Å². The number of rotatable bonds is 3. The van der Waals surface area contributed by atoms with Crippen molar-refractivity contribution in [3.8, 4) is 5.75 Å². The van der Waals surface area contributed by atoms with E-state index >= 15 is 0 Å². The van der Waals surface area contributed by atoms with Gasteiger partial charge in [0.15, 0.2) is 0 Å². The molecule has 19 heavy (non-hydrogen) atoms. The van der Waals surface area contributed by atoms with E-state index in [2.05, 4.69) is 12.2 Å². The normalized spacial score (nSPS) is 18.6. The van der Waals surface area contributed by atoms with Crippen molar-refractivity contribution in [1.29, 1.82) is 0 Å². The summed E-state index contributed by atoms with van der Waals surface area (Å²) < 4.78 is 5.51. The first-order chi connectivity index (χ1) is 8.72. The average molecular weight is 285 g/mol. The lowest BCUT2D eigenvalue weighted by Gasteiger charge is -2.32. The first-order valence-electron chi connectivity index (χ1n) is 6.47. The molecule has 1 fully saturated rings. The highest BCUT2D eigenvalue weighted by Crippen LogP contribution is 2.20. The summed E-state index contributed by atoms with van der Waals surface area (Å²) in [4.78, 5) is 14.3. The Kier molecular flexibility index (Phi) is 6.12. The van der Waals surface area contributed by atoms with Crippen LogP contribution in [0, 0.1) is 0 Å². The molecule has 4 nitrogen and oxygen atoms in total. The van der Waals surface area contributed by atoms with Crippen molar-refractivity contribution in [2.45, 2.75) is 19.9 Å². The Morgan fingerprint density at radius 1 is 1.47 bits per heavy atom. The highest BCUT2D eigenvalue weighted by molar-refractivity contribution is 5.97. The summed E-state index contributed by atoms with van der Waals surface area (Å²) in [6, 6.07) is 7.80. The molecule has 1 N–H and O–H groups in total. The molecule has 0 unspecified atom stereocenters. The number of hydrogen-bond donors (Lipinski definition) is 1. The molecule has 0 aliphatic carbocycles. The minimum Gasteiger partial charge on any atom is -0.493 e. The molecule has 2 rings (SSSR count). The van der Waals surface area contributed by atoms with Gasteiger partial charge < -0.3 is 15.0 Å². The van der Waals surface area contributed by atoms with Crippen molar-refractivity contribution >= 4 is 18.3 Å². The van der Waals surface area contributed by atoms with Crippen molar-refractivity contribution in [3.05, 3.63) is 29.8 Å². The number of carbonyl (C=O) groups is 1. The van der Waals surface area contributed by atoms with Crippen molar-refractivity contribution < 1.29 is 9.53 Å². The lowest BCUT2D eigenvalue weighted by Crippen LogP contribution is -2.51. The molecule has 106 valence electrons. The predicted octanol–water partition coefficient (Wildman–Crippen LogP) is 1.94. The third-order valence-electron chi connectivity index (χ3n) is 3.07. The highest BCUT2D eigenvalue weighted by Gasteiger charge is 2.23. The maximum absolute atomic E-state index is 12.5. The lowest BCUT2D eigenvalue weighted by atomic mass is 10.1. The SMILES string of the molecule is CCOc1ccccc1C(=O)N1CCN[C@@H](C)C1.Cl. The van der Waals surface area contributed by atoms with Crippen molar-refractivity contribution in [1.82, 2.24) is 10.2 Å². The number of hydrogen-bond acceptors (Lipinski definition) is 3. The van der Waals surface area contributed by atoms with E-state index in [4.69, 9.17) is 4.74 Å². The van der Waals surface area contributed by atoms with Gasteiger partial charge in [-0.15, -0.1) is 12.4 Å². The Morgan fingerprint density at radius 2 is 2.21 bits per heavy atom. The number of ether oxygens (including phenoxy) is 1. The molecule has 0 bridgehead atoms. The smallest absolute Gasteiger partial charge is 0.257 e. The van der Waals surface area contributed by atoms with Gasteiger partial charge >= 0.3 is 0 Å². The fraction of sp³-hybridized carbons (Fsp3) is 0.500. The standard InChI is InChI=1S/C14H20N2O2.ClH/c1-3-18-13-7-5-4-6-12(13)14(17)16-9-8-15-11(2)10-16;/h4-7,11,15H,3,8-10H2,1-2H3;1H/t11-;/m0./s1. The van der Waals surface area contributed by atoms with Crippen molar-refractivity contribution in [2.24, 2.45) is 0 Å². The Morgan fingerprint density at radius 3 is 2.89 bits per heavy atom. The van der Waals surface area contributed by atoms with Crippen LogP contribution in [-0.4, -0.2) is 43.1 Å². The van der Waals surface area contributed by atoms with Crippen LogP contribution in [0.5, 0.6) is 5.75 Å². The summed E-state index contributed by atoms with van der Waals surface area (Å²) in [5.74, 6) is 0.739. The van der Waals surface area contributed by atoms with E-state index in [0.29, 0.717) is 24.0 Å². The number of nitrogens with one attached hydrogen (secondary N) is 1. The molecule has 0 saturated carbocycles. The minimum absolute atomic E-state index is 0. The topological polar surface area (TPSA) is 41.6 Å². The number of halogens is 1. The fourth-order valence-corrected chi connectivity index (χ4v) is 2.21. The summed E-state index contributed by atoms with van der Waals surface area (Å²) in [6.45, 7) is 6.94. The predicted molar refractivity (Wildman–Crippen MR) is 78.2 cm³/mol. The highest BCUT2D eigenvalue weighted by atomic mass is 35.5. The zero-order chi connectivity index (χ0) is 13.0. The molecule has 1 aliphatic rings. The van der Waals surface area contributed by atoms with E-state index in [9.17, 15) is 4.79 Å². The van der Waals surface area contributed by atoms with Gasteiger partial charge in [-0.05, 0) is 26.0 Å². The minimum atomic E-state index is 0. The summed E-state index contributed by atoms with van der Waals surface area (Å²) >= 11 is 0. The van der Waals surface area contributed by atoms with Crippen molar-refractivity contribution in [3.63, 3.8) is 0 Å². The number of carbonyl (C=O) groups excluding carboxylic acids is 1. The van der Waals surface area contributed by atoms with Crippen LogP contribution in [0.15, 0.2) is 24.3 Å². The largest absolute Gasteiger partial charge is 0.493 e. The average Bonchev–Trinajstić information content (AvgIpc) is 2.39. The molecule has 1 aromatic rings. The molecule has 0 aromatic heterocycles. The Labute approximate surface area is 120 Å². The van der Waals surface area contributed by atoms with E-state index in [0.717, 1.165) is 19.6 Å². The summed E-state index contributed by atoms with van der Waals surface area (Å²) in [5.41, 5.74) is 0.661. The molecule has 5 heteroatoms. The van der Waals surface area contributed by atoms with Crippen LogP contribution in [0.4, 0.5) is 0 Å². The molecule has 0 radical (unpaired) electrons. The van der Waals surface area contributed by atoms with Gasteiger partial charge in [0.1, 0.15) is 5.75 Å². The van der Waals surface area contributed by atoms with Crippen LogP contribution in [-0.2, 0) is 0 Å². The van der Waals surface area contributed by atoms with Crippen LogP contribution in [0.2, 0.25) is 0 Å². The number of para-hydroxylation sites is 1. The lowest BCUT2D eigenvalue weighted by molar-refractivity contribution is 0.0705. The molecular weight excluding hydrogens is 264 g/mol. The van der Waals surface area contributed by atoms with Crippen LogP contribution < -0.4 is 10.1 Å². The molecule has 0 spiro atoms. The van der Waals surface area contributed by atoms with E-state index in [-0.39, 0.29) is 18.3 Å². The maximum atomic E-state index is 12.5. The summed E-state index contributed by atoms with van der Waals surface area (Å²) in [6.07, 6.45) is 0. The van der Waals surface area contributed by atoms with Gasteiger partial charge in [-0.3, -0.25) is 4.79 Å². The van der Waals surface area contributed by atoms with E-state index in [1.54, 1.807) is 0 Å². The molecule has 1 atom stereocenters. The van der Waals surface area contributed by atoms with Crippen molar-refractivity contribution in [2.75, 3.05) is 26.2 Å². The third kappa shape index (κ3) is 3.85. The number of benzene rings is 1. The van der Waals surface area contributed by atoms with E-state index < -0.39 is 0 Å². The molecule has 1 aromatic carbocycles. The van der Waals surface area contributed by atoms with Gasteiger partial charge in [0.05, 0.1) is 12.2 Å². The van der Waals surface area contributed by atoms with Gasteiger partial charge in [-0.25, -0.2) is 0 Å². The maximum Gasteiger partial charge on any atom is 0.257 e. The first-order valence-corrected chi connectivity index (χ1v) is 6.47. The van der Waals surface area contributed by atoms with Crippen LogP contribution in [0.25, 0.3) is 0 Å². The van der Waals surface area contributed by atoms with E-state index in [1.807, 2.05) is 36.1 Å². The number of piperazine rings is 1. The molecular formula is C14H21ClN2O2. The van der Waals surface area contributed by atoms with E-state index in [1.165, 1.54) is 0 Å². The molecule has 1 aliphatic heterocycles. The van der Waals surface area contributed by atoms with Crippen LogP contribution >= 0.6 is 12.4 Å². The van der Waals surface area contributed by atoms with Gasteiger partial charge in [0.2, 0.25) is 0 Å². The second-order valence-electron chi connectivity index (χ2n) is 4.54. The number of nitrogens with zero attached hydrogens (tertiary/aromatic N) is 1. The monoisotopic (exact) mass is 284 g/mol. The molecule has 1 heterocycles. The third-order valence-corrected chi connectivity index (χ3v) is 3.07. The fourth-order valence-electron chi connectivity index (χ4n) is 2.21. The summed E-state index contributed by atoms with van der Waals surface area (Å²) in [5, 5.41) is 3.33.